The van der Waals surface area contributed by atoms with E-state index >= 15 is 0 Å². The Morgan fingerprint density at radius 3 is 1.08 bits per heavy atom. The number of nitrogens with one attached hydrogen (secondary N) is 1. The number of furan rings is 1. The van der Waals surface area contributed by atoms with Crippen molar-refractivity contribution >= 4 is 34.5 Å². The number of aliphatic hydroxyl groups is 20. The molecule has 39 heteroatoms. The number of hydrogen-bond donors (Lipinski definition) is 21. The minimum absolute atomic E-state index is 0.483. The van der Waals surface area contributed by atoms with E-state index in [1.165, 1.54) is 5.57 Å². The first-order valence-corrected chi connectivity index (χ1v) is 31.7. The predicted molar refractivity (Wildman–Crippen MR) is 318 cm³/mol. The van der Waals surface area contributed by atoms with Crippen molar-refractivity contribution in [3.05, 3.63) is 58.5 Å². The highest BCUT2D eigenvalue weighted by molar-refractivity contribution is 7.81. The Bertz CT molecular complexity index is 2820. The molecule has 21 aliphatic rings. The molecule has 0 amide bonds. The first kappa shape index (κ1) is 78.0. The van der Waals surface area contributed by atoms with Crippen LogP contribution in [0.1, 0.15) is 25.2 Å². The number of thiocarbonyl (C=S) groups is 1. The molecule has 97 heavy (non-hydrogen) atoms. The van der Waals surface area contributed by atoms with Gasteiger partial charge in [-0.15, -0.1) is 0 Å². The largest absolute Gasteiger partial charge is 0.488 e. The van der Waals surface area contributed by atoms with Crippen molar-refractivity contribution in [3.63, 3.8) is 0 Å². The fourth-order valence-corrected chi connectivity index (χ4v) is 12.4. The molecule has 37 nitrogen and oxygen atoms in total. The van der Waals surface area contributed by atoms with Crippen LogP contribution >= 0.6 is 23.8 Å². The summed E-state index contributed by atoms with van der Waals surface area (Å²) in [4.78, 5) is 0.601. The SMILES string of the molecule is CC(C)=CCOc1cc(NC(=S)c2ccoc2C)ccc1Cl.OCC1OC2OC3C(CO)OC(OC4C(CO)OC(OC5C(CO)OC(OC6C(CO)OC(OC7C(CO)OC(OC8COC(OC1C(O)C2O)C(O)C8O)C(O)C7O)C(O)C6O)C(O)C5O)C(O)C4O)C(O)C3O. The van der Waals surface area contributed by atoms with Crippen LogP contribution in [-0.4, -0.2) is 369 Å². The minimum Gasteiger partial charge on any atom is -0.488 e. The fraction of sp³-hybridized carbons (Fsp3) is 0.776. The van der Waals surface area contributed by atoms with Crippen molar-refractivity contribution < 1.29 is 178 Å². The Morgan fingerprint density at radius 2 is 0.773 bits per heavy atom. The maximum absolute atomic E-state index is 11.3. The number of allylic oxidation sites excluding steroid dienone is 1. The Labute approximate surface area is 562 Å². The second-order valence-electron chi connectivity index (χ2n) is 24.3. The van der Waals surface area contributed by atoms with Gasteiger partial charge in [0.05, 0.1) is 63.1 Å². The quantitative estimate of drug-likeness (QED) is 0.0734. The summed E-state index contributed by atoms with van der Waals surface area (Å²) in [6.07, 6.45) is -63.0. The Balaban J connectivity index is 0.000000424. The maximum atomic E-state index is 11.3. The molecule has 2 aromatic rings. The van der Waals surface area contributed by atoms with Crippen LogP contribution in [0.15, 0.2) is 46.6 Å². The van der Waals surface area contributed by atoms with Gasteiger partial charge in [0.2, 0.25) is 0 Å². The number of aliphatic hydroxyl groups excluding tert-OH is 20. The topological polar surface area (TPSA) is 568 Å². The fourth-order valence-electron chi connectivity index (χ4n) is 11.9. The molecule has 0 aliphatic carbocycles. The standard InChI is InChI=1S/C41H68O34.C17H18ClNO2S/c42-1-8-29-17(50)24(57)37(64-8)72-31-10(3-44)66-39(26(59)19(31)52)74-33-12(5-46)68-41(28(61)21(33)54)75-34-13(6-47)67-40(27(60)20(34)53)73-32-11(4-45)65-38(25(58)18(32)51)71-30-9(2-43)63-36(23(56)16(30)49)69-14-7-62-35(70-29)22(55)15(14)48;1-11(2)6-8-21-16-10-13(4-5-15(16)18)19-17(22)14-7-9-20-12(14)3/h8-61H,1-7H2;4-7,9-10H,8H2,1-3H3,(H,19,22). The molecule has 0 spiro atoms. The van der Waals surface area contributed by atoms with E-state index in [9.17, 15) is 102 Å². The summed E-state index contributed by atoms with van der Waals surface area (Å²) in [6, 6.07) is 7.32. The second-order valence-corrected chi connectivity index (χ2v) is 25.1. The molecule has 22 heterocycles. The van der Waals surface area contributed by atoms with Crippen molar-refractivity contribution in [2.75, 3.05) is 58.2 Å². The smallest absolute Gasteiger partial charge is 0.187 e. The average molecular weight is 1440 g/mol. The highest BCUT2D eigenvalue weighted by Crippen LogP contribution is 2.39. The van der Waals surface area contributed by atoms with Crippen LogP contribution in [0, 0.1) is 6.92 Å². The van der Waals surface area contributed by atoms with Crippen molar-refractivity contribution in [1.29, 1.82) is 0 Å². The third-order valence-electron chi connectivity index (χ3n) is 17.4. The number of ether oxygens (including phenoxy) is 15. The predicted octanol–water partition coefficient (Wildman–Crippen LogP) is -9.22. The number of aryl methyl sites for hydroxylation is 1. The van der Waals surface area contributed by atoms with Gasteiger partial charge in [-0.05, 0) is 45.0 Å². The van der Waals surface area contributed by atoms with Gasteiger partial charge >= 0.3 is 0 Å². The van der Waals surface area contributed by atoms with Gasteiger partial charge in [0, 0.05) is 11.8 Å². The summed E-state index contributed by atoms with van der Waals surface area (Å²) in [6.45, 7) is -0.398. The van der Waals surface area contributed by atoms with E-state index in [2.05, 4.69) is 5.32 Å². The molecule has 1 aromatic carbocycles. The summed E-state index contributed by atoms with van der Waals surface area (Å²) in [5.74, 6) is 1.40. The summed E-state index contributed by atoms with van der Waals surface area (Å²) < 4.78 is 90.2. The minimum atomic E-state index is -2.19. The highest BCUT2D eigenvalue weighted by Gasteiger charge is 2.59. The third-order valence-corrected chi connectivity index (χ3v) is 18.1. The summed E-state index contributed by atoms with van der Waals surface area (Å²) >= 11 is 11.5. The molecule has 23 rings (SSSR count). The molecule has 21 fully saturated rings. The van der Waals surface area contributed by atoms with Crippen LogP contribution in [0.4, 0.5) is 5.69 Å². The molecule has 21 aliphatic heterocycles. The van der Waals surface area contributed by atoms with Crippen LogP contribution in [-0.2, 0) is 66.3 Å². The highest BCUT2D eigenvalue weighted by atomic mass is 35.5. The Hall–Kier alpha value is -3.14. The van der Waals surface area contributed by atoms with Crippen molar-refractivity contribution in [2.24, 2.45) is 0 Å². The van der Waals surface area contributed by atoms with Gasteiger partial charge in [0.25, 0.3) is 0 Å². The van der Waals surface area contributed by atoms with Crippen molar-refractivity contribution in [1.82, 2.24) is 0 Å². The van der Waals surface area contributed by atoms with Crippen LogP contribution in [0.3, 0.4) is 0 Å². The normalized spacial score (nSPS) is 45.2. The zero-order chi connectivity index (χ0) is 70.6. The van der Waals surface area contributed by atoms with Crippen LogP contribution in [0.2, 0.25) is 5.02 Å². The number of benzene rings is 1. The van der Waals surface area contributed by atoms with Crippen LogP contribution in [0.5, 0.6) is 5.75 Å². The molecule has 0 saturated carbocycles. The van der Waals surface area contributed by atoms with Gasteiger partial charge in [-0.25, -0.2) is 0 Å². The van der Waals surface area contributed by atoms with Gasteiger partial charge < -0.3 is 183 Å². The zero-order valence-electron chi connectivity index (χ0n) is 52.0. The lowest BCUT2D eigenvalue weighted by Gasteiger charge is -2.50. The van der Waals surface area contributed by atoms with Crippen LogP contribution in [0.25, 0.3) is 0 Å². The van der Waals surface area contributed by atoms with E-state index in [1.807, 2.05) is 45.0 Å². The second kappa shape index (κ2) is 34.4. The van der Waals surface area contributed by atoms with Crippen molar-refractivity contribution in [3.8, 4) is 5.75 Å². The Kier molecular flexibility index (Phi) is 27.7. The van der Waals surface area contributed by atoms with E-state index in [0.717, 1.165) is 17.0 Å². The number of hydrogen-bond acceptors (Lipinski definition) is 37. The van der Waals surface area contributed by atoms with E-state index in [4.69, 9.17) is 99.3 Å². The summed E-state index contributed by atoms with van der Waals surface area (Å²) in [7, 11) is 0. The van der Waals surface area contributed by atoms with E-state index in [1.54, 1.807) is 12.3 Å². The summed E-state index contributed by atoms with van der Waals surface area (Å²) in [5, 5.41) is 223. The molecule has 21 N–H and O–H groups in total. The van der Waals surface area contributed by atoms with Crippen LogP contribution < -0.4 is 10.1 Å². The molecule has 14 bridgehead atoms. The first-order chi connectivity index (χ1) is 46.2. The molecule has 0 radical (unpaired) electrons. The molecule has 34 atom stereocenters. The lowest BCUT2D eigenvalue weighted by Crippen LogP contribution is -2.68. The van der Waals surface area contributed by atoms with Gasteiger partial charge in [-0.1, -0.05) is 29.4 Å². The maximum Gasteiger partial charge on any atom is 0.187 e. The third kappa shape index (κ3) is 17.2. The van der Waals surface area contributed by atoms with E-state index in [-0.39, 0.29) is 0 Å². The number of halogens is 1. The Morgan fingerprint density at radius 1 is 0.454 bits per heavy atom. The number of rotatable bonds is 11. The van der Waals surface area contributed by atoms with Crippen molar-refractivity contribution in [2.45, 2.75) is 230 Å². The first-order valence-electron chi connectivity index (χ1n) is 30.9. The zero-order valence-corrected chi connectivity index (χ0v) is 53.6. The molecular weight excluding hydrogens is 1350 g/mol. The summed E-state index contributed by atoms with van der Waals surface area (Å²) in [5.41, 5.74) is 2.89. The number of anilines is 1. The molecule has 552 valence electrons. The average Bonchev–Trinajstić information content (AvgIpc) is 0.984. The van der Waals surface area contributed by atoms with E-state index in [0.29, 0.717) is 22.4 Å². The van der Waals surface area contributed by atoms with E-state index < -0.39 is 255 Å². The molecule has 1 aromatic heterocycles. The van der Waals surface area contributed by atoms with Gasteiger partial charge in [-0.2, -0.15) is 0 Å². The van der Waals surface area contributed by atoms with Gasteiger partial charge in [0.15, 0.2) is 44.0 Å². The molecule has 21 saturated heterocycles. The molecular formula is C58H86ClNO36S. The lowest BCUT2D eigenvalue weighted by molar-refractivity contribution is -0.396. The lowest BCUT2D eigenvalue weighted by atomic mass is 9.95. The van der Waals surface area contributed by atoms with Gasteiger partial charge in [-0.3, -0.25) is 0 Å². The monoisotopic (exact) mass is 1440 g/mol. The molecule has 34 unspecified atom stereocenters. The van der Waals surface area contributed by atoms with Gasteiger partial charge in [0.1, 0.15) is 188 Å².